The van der Waals surface area contributed by atoms with E-state index in [1.165, 1.54) is 17.8 Å². The second-order valence-electron chi connectivity index (χ2n) is 8.75. The lowest BCUT2D eigenvalue weighted by atomic mass is 9.84. The molecule has 35 heavy (non-hydrogen) atoms. The fourth-order valence-electron chi connectivity index (χ4n) is 4.56. The largest absolute Gasteiger partial charge is 0.373 e. The number of benzene rings is 1. The van der Waals surface area contributed by atoms with Crippen molar-refractivity contribution in [2.24, 2.45) is 0 Å². The summed E-state index contributed by atoms with van der Waals surface area (Å²) in [4.78, 5) is 26.9. The van der Waals surface area contributed by atoms with E-state index in [0.717, 1.165) is 46.9 Å². The third kappa shape index (κ3) is 5.03. The fraction of sp³-hybridized carbons (Fsp3) is 0.400. The van der Waals surface area contributed by atoms with Gasteiger partial charge < -0.3 is 19.9 Å². The van der Waals surface area contributed by atoms with Crippen LogP contribution < -0.4 is 10.6 Å². The molecule has 182 valence electrons. The van der Waals surface area contributed by atoms with Gasteiger partial charge in [-0.2, -0.15) is 4.98 Å². The topological polar surface area (TPSA) is 115 Å². The lowest BCUT2D eigenvalue weighted by molar-refractivity contribution is -0.115. The molecule has 2 N–H and O–H groups in total. The zero-order valence-electron chi connectivity index (χ0n) is 19.8. The minimum Gasteiger partial charge on any atom is -0.373 e. The van der Waals surface area contributed by atoms with Crippen LogP contribution in [0.5, 0.6) is 0 Å². The van der Waals surface area contributed by atoms with Crippen LogP contribution >= 0.6 is 11.3 Å². The van der Waals surface area contributed by atoms with Gasteiger partial charge in [0.25, 0.3) is 0 Å². The zero-order chi connectivity index (χ0) is 24.3. The Morgan fingerprint density at radius 1 is 1.20 bits per heavy atom. The summed E-state index contributed by atoms with van der Waals surface area (Å²) in [5.74, 6) is 1.65. The second kappa shape index (κ2) is 10.1. The van der Waals surface area contributed by atoms with Crippen molar-refractivity contribution in [3.05, 3.63) is 47.4 Å². The summed E-state index contributed by atoms with van der Waals surface area (Å²) < 4.78 is 11.0. The minimum atomic E-state index is -0.264. The molecule has 1 amide bonds. The zero-order valence-corrected chi connectivity index (χ0v) is 20.7. The van der Waals surface area contributed by atoms with E-state index in [-0.39, 0.29) is 17.9 Å². The molecule has 0 saturated heterocycles. The quantitative estimate of drug-likeness (QED) is 0.341. The second-order valence-corrected chi connectivity index (χ2v) is 9.78. The summed E-state index contributed by atoms with van der Waals surface area (Å²) in [7, 11) is 1.77. The van der Waals surface area contributed by atoms with Crippen LogP contribution in [-0.4, -0.2) is 39.7 Å². The average Bonchev–Trinajstić information content (AvgIpc) is 3.54. The molecule has 1 aromatic carbocycles. The first-order chi connectivity index (χ1) is 17.1. The Labute approximate surface area is 207 Å². The molecular weight excluding hydrogens is 464 g/mol. The van der Waals surface area contributed by atoms with E-state index in [9.17, 15) is 4.79 Å². The molecule has 1 aliphatic carbocycles. The van der Waals surface area contributed by atoms with Crippen molar-refractivity contribution in [2.45, 2.75) is 51.0 Å². The highest BCUT2D eigenvalue weighted by molar-refractivity contribution is 7.15. The van der Waals surface area contributed by atoms with Gasteiger partial charge in [0.05, 0.1) is 4.88 Å². The van der Waals surface area contributed by atoms with Crippen LogP contribution in [0.1, 0.15) is 49.3 Å². The van der Waals surface area contributed by atoms with Gasteiger partial charge in [0.1, 0.15) is 11.4 Å². The van der Waals surface area contributed by atoms with Crippen LogP contribution in [0, 0.1) is 6.92 Å². The van der Waals surface area contributed by atoms with Gasteiger partial charge in [-0.05, 0) is 30.4 Å². The third-order valence-electron chi connectivity index (χ3n) is 6.45. The fourth-order valence-corrected chi connectivity index (χ4v) is 5.62. The van der Waals surface area contributed by atoms with Gasteiger partial charge in [0.15, 0.2) is 5.13 Å². The molecule has 0 atom stereocenters. The number of nitrogens with one attached hydrogen (secondary N) is 2. The lowest BCUT2D eigenvalue weighted by Crippen LogP contribution is -2.30. The Hall–Kier alpha value is -3.37. The number of methoxy groups -OCH3 is 1. The van der Waals surface area contributed by atoms with Gasteiger partial charge in [-0.1, -0.05) is 47.9 Å². The van der Waals surface area contributed by atoms with Crippen molar-refractivity contribution in [1.29, 1.82) is 0 Å². The number of carbonyl (C=O) groups is 1. The summed E-state index contributed by atoms with van der Waals surface area (Å²) in [6.45, 7) is 2.19. The molecule has 0 unspecified atom stereocenters. The first-order valence-corrected chi connectivity index (χ1v) is 12.6. The summed E-state index contributed by atoms with van der Waals surface area (Å²) in [6, 6.07) is 7.86. The smallest absolute Gasteiger partial charge is 0.227 e. The number of pyridine rings is 1. The van der Waals surface area contributed by atoms with E-state index >= 15 is 0 Å². The highest BCUT2D eigenvalue weighted by Crippen LogP contribution is 2.43. The van der Waals surface area contributed by atoms with Gasteiger partial charge in [-0.15, -0.1) is 0 Å². The normalized spacial score (nSPS) is 15.3. The molecule has 0 spiro atoms. The Morgan fingerprint density at radius 2 is 2.06 bits per heavy atom. The Bertz CT molecular complexity index is 1330. The van der Waals surface area contributed by atoms with Crippen molar-refractivity contribution >= 4 is 39.0 Å². The van der Waals surface area contributed by atoms with Crippen LogP contribution in [0.4, 0.5) is 10.9 Å². The number of hydrogen-bond acceptors (Lipinski definition) is 9. The maximum atomic E-state index is 12.6. The molecule has 1 fully saturated rings. The standard InChI is InChI=1S/C25H28N6O3S/c1-16-29-22(31-34-16)18-7-6-17-8-12-26-23(19(17)14-18)27-13-9-21(32)30-24-28-15-20(35-24)25(33-2)10-4-3-5-11-25/h6-8,12,14-15H,3-5,9-11,13H2,1-2H3,(H,26,27)(H,28,30,32). The summed E-state index contributed by atoms with van der Waals surface area (Å²) in [5.41, 5.74) is 0.578. The molecule has 1 saturated carbocycles. The van der Waals surface area contributed by atoms with Gasteiger partial charge >= 0.3 is 0 Å². The maximum Gasteiger partial charge on any atom is 0.227 e. The predicted molar refractivity (Wildman–Crippen MR) is 135 cm³/mol. The Balaban J connectivity index is 1.21. The Kier molecular flexibility index (Phi) is 6.74. The molecule has 4 aromatic rings. The first kappa shape index (κ1) is 23.4. The molecule has 0 radical (unpaired) electrons. The third-order valence-corrected chi connectivity index (χ3v) is 7.55. The summed E-state index contributed by atoms with van der Waals surface area (Å²) in [5, 5.41) is 12.8. The minimum absolute atomic E-state index is 0.100. The number of anilines is 2. The SMILES string of the molecule is COC1(c2cnc(NC(=O)CCNc3nccc4ccc(-c5noc(C)n5)cc34)s2)CCCCC1. The van der Waals surface area contributed by atoms with Crippen molar-refractivity contribution in [2.75, 3.05) is 24.3 Å². The monoisotopic (exact) mass is 492 g/mol. The van der Waals surface area contributed by atoms with E-state index in [1.807, 2.05) is 30.5 Å². The van der Waals surface area contributed by atoms with E-state index in [4.69, 9.17) is 9.26 Å². The number of carbonyl (C=O) groups excluding carboxylic acids is 1. The molecule has 9 nitrogen and oxygen atoms in total. The number of amides is 1. The van der Waals surface area contributed by atoms with Gasteiger partial charge in [-0.25, -0.2) is 9.97 Å². The van der Waals surface area contributed by atoms with Crippen molar-refractivity contribution in [1.82, 2.24) is 20.1 Å². The molecule has 3 heterocycles. The lowest BCUT2D eigenvalue weighted by Gasteiger charge is -2.34. The van der Waals surface area contributed by atoms with Crippen molar-refractivity contribution in [3.8, 4) is 11.4 Å². The van der Waals surface area contributed by atoms with Gasteiger partial charge in [0.2, 0.25) is 17.6 Å². The summed E-state index contributed by atoms with van der Waals surface area (Å²) in [6.07, 6.45) is 9.41. The molecular formula is C25H28N6O3S. The van der Waals surface area contributed by atoms with E-state index < -0.39 is 0 Å². The van der Waals surface area contributed by atoms with Gasteiger partial charge in [0, 0.05) is 50.3 Å². The molecule has 0 aliphatic heterocycles. The van der Waals surface area contributed by atoms with Crippen LogP contribution in [0.2, 0.25) is 0 Å². The molecule has 5 rings (SSSR count). The number of hydrogen-bond donors (Lipinski definition) is 2. The molecule has 3 aromatic heterocycles. The molecule has 10 heteroatoms. The van der Waals surface area contributed by atoms with Gasteiger partial charge in [-0.3, -0.25) is 4.79 Å². The molecule has 1 aliphatic rings. The van der Waals surface area contributed by atoms with Crippen LogP contribution in [-0.2, 0) is 15.1 Å². The predicted octanol–water partition coefficient (Wildman–Crippen LogP) is 5.30. The number of nitrogens with zero attached hydrogens (tertiary/aromatic N) is 4. The van der Waals surface area contributed by atoms with Crippen molar-refractivity contribution < 1.29 is 14.1 Å². The summed E-state index contributed by atoms with van der Waals surface area (Å²) >= 11 is 1.50. The number of aryl methyl sites for hydroxylation is 1. The number of thiazole rings is 1. The molecule has 0 bridgehead atoms. The highest BCUT2D eigenvalue weighted by Gasteiger charge is 2.35. The van der Waals surface area contributed by atoms with E-state index in [2.05, 4.69) is 30.7 Å². The number of fused-ring (bicyclic) bond motifs is 1. The Morgan fingerprint density at radius 3 is 2.83 bits per heavy atom. The van der Waals surface area contributed by atoms with E-state index in [1.54, 1.807) is 20.2 Å². The maximum absolute atomic E-state index is 12.6. The number of ether oxygens (including phenoxy) is 1. The van der Waals surface area contributed by atoms with Crippen LogP contribution in [0.15, 0.2) is 41.2 Å². The van der Waals surface area contributed by atoms with Crippen molar-refractivity contribution in [3.63, 3.8) is 0 Å². The highest BCUT2D eigenvalue weighted by atomic mass is 32.1. The van der Waals surface area contributed by atoms with Crippen LogP contribution in [0.25, 0.3) is 22.2 Å². The average molecular weight is 493 g/mol. The first-order valence-electron chi connectivity index (χ1n) is 11.8. The number of aromatic nitrogens is 4. The van der Waals surface area contributed by atoms with E-state index in [0.29, 0.717) is 29.2 Å². The van der Waals surface area contributed by atoms with Crippen LogP contribution in [0.3, 0.4) is 0 Å². The number of rotatable bonds is 8.